The average molecular weight is 460 g/mol. The van der Waals surface area contributed by atoms with Crippen molar-refractivity contribution >= 4 is 50.3 Å². The van der Waals surface area contributed by atoms with E-state index in [1.807, 2.05) is 18.2 Å². The first kappa shape index (κ1) is 22.6. The summed E-state index contributed by atoms with van der Waals surface area (Å²) >= 11 is -1.21. The highest BCUT2D eigenvalue weighted by molar-refractivity contribution is 7.81. The van der Waals surface area contributed by atoms with Gasteiger partial charge in [0.15, 0.2) is 5.13 Å². The number of carbonyl (C=O) groups is 2. The molecule has 0 saturated carbocycles. The third-order valence-electron chi connectivity index (χ3n) is 4.44. The number of aromatic nitrogens is 1. The minimum atomic E-state index is -2.33. The molecule has 31 heavy (non-hydrogen) atoms. The zero-order chi connectivity index (χ0) is 22.5. The minimum Gasteiger partial charge on any atom is -0.478 e. The lowest BCUT2D eigenvalue weighted by Crippen LogP contribution is -2.19. The van der Waals surface area contributed by atoms with Crippen molar-refractivity contribution in [1.82, 2.24) is 4.98 Å². The molecule has 1 aromatic heterocycles. The van der Waals surface area contributed by atoms with Gasteiger partial charge in [0.1, 0.15) is 5.00 Å². The van der Waals surface area contributed by atoms with Gasteiger partial charge in [-0.2, -0.15) is 0 Å². The molecule has 3 aromatic rings. The number of benzene rings is 2. The Balaban J connectivity index is 1.76. The number of carboxylic acids is 1. The Labute approximate surface area is 186 Å². The first-order valence-corrected chi connectivity index (χ1v) is 11.2. The fourth-order valence-electron chi connectivity index (χ4n) is 3.01. The van der Waals surface area contributed by atoms with Gasteiger partial charge in [-0.05, 0) is 55.2 Å². The summed E-state index contributed by atoms with van der Waals surface area (Å²) in [6.07, 6.45) is 1.36. The zero-order valence-electron chi connectivity index (χ0n) is 16.9. The fraction of sp³-hybridized carbons (Fsp3) is 0.190. The first-order chi connectivity index (χ1) is 14.7. The standard InChI is InChI=1S/C21H21N3O5S2/c1-13-19(30-21(22-13)23-14(2)25)24(31(28)29)18-10-8-15(9-11-18)6-7-16-4-3-5-17(12-16)20(26)27/h3-5,8-12H,6-7H2,1-2H3,(H,26,27)(H,28,29)(H,22,23,25). The van der Waals surface area contributed by atoms with Crippen molar-refractivity contribution in [2.75, 3.05) is 9.62 Å². The van der Waals surface area contributed by atoms with Crippen LogP contribution in [0.2, 0.25) is 0 Å². The Morgan fingerprint density at radius 1 is 1.13 bits per heavy atom. The monoisotopic (exact) mass is 459 g/mol. The molecule has 8 nitrogen and oxygen atoms in total. The topological polar surface area (TPSA) is 120 Å². The van der Waals surface area contributed by atoms with Crippen LogP contribution in [0.3, 0.4) is 0 Å². The predicted molar refractivity (Wildman–Crippen MR) is 121 cm³/mol. The van der Waals surface area contributed by atoms with Crippen molar-refractivity contribution in [1.29, 1.82) is 0 Å². The van der Waals surface area contributed by atoms with Crippen LogP contribution in [0.4, 0.5) is 15.8 Å². The van der Waals surface area contributed by atoms with Crippen LogP contribution in [0.25, 0.3) is 0 Å². The Morgan fingerprint density at radius 3 is 2.42 bits per heavy atom. The van der Waals surface area contributed by atoms with Crippen molar-refractivity contribution in [3.8, 4) is 0 Å². The summed E-state index contributed by atoms with van der Waals surface area (Å²) in [7, 11) is 0. The maximum atomic E-state index is 12.0. The number of hydrogen-bond donors (Lipinski definition) is 3. The van der Waals surface area contributed by atoms with E-state index in [4.69, 9.17) is 5.11 Å². The molecular weight excluding hydrogens is 438 g/mol. The molecule has 0 aliphatic heterocycles. The van der Waals surface area contributed by atoms with Gasteiger partial charge in [0.2, 0.25) is 5.91 Å². The average Bonchev–Trinajstić information content (AvgIpc) is 3.06. The molecular formula is C21H21N3O5S2. The summed E-state index contributed by atoms with van der Waals surface area (Å²) in [5, 5.41) is 12.5. The number of nitrogens with one attached hydrogen (secondary N) is 1. The molecule has 1 heterocycles. The number of aromatic carboxylic acids is 1. The largest absolute Gasteiger partial charge is 0.478 e. The van der Waals surface area contributed by atoms with Crippen LogP contribution in [0.5, 0.6) is 0 Å². The summed E-state index contributed by atoms with van der Waals surface area (Å²) in [6.45, 7) is 3.08. The Hall–Kier alpha value is -3.08. The highest BCUT2D eigenvalue weighted by Crippen LogP contribution is 2.37. The summed E-state index contributed by atoms with van der Waals surface area (Å²) in [4.78, 5) is 26.6. The molecule has 162 valence electrons. The molecule has 0 aliphatic rings. The number of carboxylic acid groups (broad SMARTS) is 1. The summed E-state index contributed by atoms with van der Waals surface area (Å²) in [5.41, 5.74) is 3.23. The highest BCUT2D eigenvalue weighted by atomic mass is 32.2. The zero-order valence-corrected chi connectivity index (χ0v) is 18.5. The lowest BCUT2D eigenvalue weighted by molar-refractivity contribution is -0.114. The van der Waals surface area contributed by atoms with Crippen molar-refractivity contribution < 1.29 is 23.5 Å². The molecule has 2 aromatic carbocycles. The van der Waals surface area contributed by atoms with E-state index in [0.29, 0.717) is 34.4 Å². The molecule has 3 rings (SSSR count). The van der Waals surface area contributed by atoms with E-state index in [0.717, 1.165) is 22.5 Å². The molecule has 10 heteroatoms. The third-order valence-corrected chi connectivity index (χ3v) is 6.32. The predicted octanol–water partition coefficient (Wildman–Crippen LogP) is 4.17. The van der Waals surface area contributed by atoms with Crippen LogP contribution >= 0.6 is 11.3 Å². The molecule has 1 amide bonds. The van der Waals surface area contributed by atoms with Crippen molar-refractivity contribution in [3.05, 3.63) is 70.9 Å². The quantitative estimate of drug-likeness (QED) is 0.435. The molecule has 1 unspecified atom stereocenters. The van der Waals surface area contributed by atoms with E-state index in [1.165, 1.54) is 11.2 Å². The van der Waals surface area contributed by atoms with E-state index >= 15 is 0 Å². The van der Waals surface area contributed by atoms with Gasteiger partial charge in [-0.25, -0.2) is 18.3 Å². The van der Waals surface area contributed by atoms with E-state index in [9.17, 15) is 18.4 Å². The lowest BCUT2D eigenvalue weighted by atomic mass is 10.0. The number of rotatable bonds is 8. The van der Waals surface area contributed by atoms with Crippen LogP contribution in [0.1, 0.15) is 34.1 Å². The third kappa shape index (κ3) is 5.75. The van der Waals surface area contributed by atoms with Crippen LogP contribution in [0, 0.1) is 6.92 Å². The van der Waals surface area contributed by atoms with Gasteiger partial charge in [0.05, 0.1) is 16.9 Å². The number of anilines is 3. The Kier molecular flexibility index (Phi) is 7.16. The van der Waals surface area contributed by atoms with Crippen molar-refractivity contribution in [2.45, 2.75) is 26.7 Å². The van der Waals surface area contributed by atoms with E-state index < -0.39 is 17.2 Å². The van der Waals surface area contributed by atoms with Gasteiger partial charge in [0, 0.05) is 6.92 Å². The first-order valence-electron chi connectivity index (χ1n) is 9.32. The second-order valence-corrected chi connectivity index (χ2v) is 8.59. The smallest absolute Gasteiger partial charge is 0.335 e. The number of carbonyl (C=O) groups excluding carboxylic acids is 1. The minimum absolute atomic E-state index is 0.257. The molecule has 3 N–H and O–H groups in total. The van der Waals surface area contributed by atoms with E-state index in [2.05, 4.69) is 10.3 Å². The van der Waals surface area contributed by atoms with Crippen LogP contribution in [-0.4, -0.2) is 30.7 Å². The summed E-state index contributed by atoms with van der Waals surface area (Å²) in [6, 6.07) is 14.0. The van der Waals surface area contributed by atoms with E-state index in [1.54, 1.807) is 37.3 Å². The maximum absolute atomic E-state index is 12.0. The molecule has 0 radical (unpaired) electrons. The second kappa shape index (κ2) is 9.82. The van der Waals surface area contributed by atoms with Crippen molar-refractivity contribution in [3.63, 3.8) is 0 Å². The van der Waals surface area contributed by atoms with Crippen LogP contribution < -0.4 is 9.62 Å². The molecule has 1 atom stereocenters. The number of thiazole rings is 1. The Bertz CT molecular complexity index is 1130. The summed E-state index contributed by atoms with van der Waals surface area (Å²) in [5.74, 6) is -1.22. The number of hydrogen-bond acceptors (Lipinski definition) is 5. The van der Waals surface area contributed by atoms with Gasteiger partial charge < -0.3 is 10.4 Å². The lowest BCUT2D eigenvalue weighted by Gasteiger charge is -2.18. The normalized spacial score (nSPS) is 11.7. The van der Waals surface area contributed by atoms with Crippen LogP contribution in [-0.2, 0) is 28.9 Å². The SMILES string of the molecule is CC(=O)Nc1nc(C)c(N(c2ccc(CCc3cccc(C(=O)O)c3)cc2)S(=O)O)s1. The van der Waals surface area contributed by atoms with Crippen molar-refractivity contribution in [2.24, 2.45) is 0 Å². The van der Waals surface area contributed by atoms with Gasteiger partial charge in [-0.1, -0.05) is 35.6 Å². The van der Waals surface area contributed by atoms with Gasteiger partial charge in [0.25, 0.3) is 11.3 Å². The fourth-order valence-corrected chi connectivity index (χ4v) is 4.83. The van der Waals surface area contributed by atoms with E-state index in [-0.39, 0.29) is 11.5 Å². The highest BCUT2D eigenvalue weighted by Gasteiger charge is 2.21. The van der Waals surface area contributed by atoms with Gasteiger partial charge in [-0.15, -0.1) is 0 Å². The second-order valence-electron chi connectivity index (χ2n) is 6.79. The molecule has 0 aliphatic carbocycles. The molecule has 0 saturated heterocycles. The number of amides is 1. The van der Waals surface area contributed by atoms with Crippen LogP contribution in [0.15, 0.2) is 48.5 Å². The van der Waals surface area contributed by atoms with Gasteiger partial charge >= 0.3 is 5.97 Å². The summed E-state index contributed by atoms with van der Waals surface area (Å²) < 4.78 is 23.2. The molecule has 0 bridgehead atoms. The maximum Gasteiger partial charge on any atom is 0.335 e. The number of nitrogens with zero attached hydrogens (tertiary/aromatic N) is 2. The number of aryl methyl sites for hydroxylation is 3. The Morgan fingerprint density at radius 2 is 1.81 bits per heavy atom. The van der Waals surface area contributed by atoms with Gasteiger partial charge in [-0.3, -0.25) is 9.35 Å². The molecule has 0 spiro atoms. The molecule has 0 fully saturated rings.